The lowest BCUT2D eigenvalue weighted by molar-refractivity contribution is 0.162. The summed E-state index contributed by atoms with van der Waals surface area (Å²) in [5.74, 6) is 0.459. The van der Waals surface area contributed by atoms with E-state index in [0.717, 1.165) is 12.0 Å². The van der Waals surface area contributed by atoms with Crippen LogP contribution in [0.5, 0.6) is 5.88 Å². The molecule has 0 radical (unpaired) electrons. The molecule has 0 aromatic carbocycles. The average molecular weight is 248 g/mol. The molecule has 96 valence electrons. The third-order valence-corrected chi connectivity index (χ3v) is 2.68. The molecule has 1 unspecified atom stereocenters. The van der Waals surface area contributed by atoms with Crippen LogP contribution in [0.1, 0.15) is 23.8 Å². The molecule has 1 N–H and O–H groups in total. The largest absolute Gasteiger partial charge is 0.481 e. The number of methoxy groups -OCH3 is 1. The summed E-state index contributed by atoms with van der Waals surface area (Å²) in [6.07, 6.45) is 5.84. The summed E-state index contributed by atoms with van der Waals surface area (Å²) in [7, 11) is 3.41. The number of hydrogen-bond acceptors (Lipinski definition) is 5. The second-order valence-electron chi connectivity index (χ2n) is 4.06. The van der Waals surface area contributed by atoms with Gasteiger partial charge in [0.15, 0.2) is 0 Å². The quantitative estimate of drug-likeness (QED) is 0.850. The fourth-order valence-electron chi connectivity index (χ4n) is 1.70. The molecule has 0 bridgehead atoms. The minimum absolute atomic E-state index is 0.459. The molecule has 6 nitrogen and oxygen atoms in total. The molecule has 0 aliphatic rings. The molecule has 0 aliphatic carbocycles. The summed E-state index contributed by atoms with van der Waals surface area (Å²) in [5, 5.41) is 14.1. The second-order valence-corrected chi connectivity index (χ2v) is 4.06. The number of aliphatic hydroxyl groups is 1. The van der Waals surface area contributed by atoms with Crippen LogP contribution in [0.4, 0.5) is 0 Å². The van der Waals surface area contributed by atoms with E-state index in [2.05, 4.69) is 15.1 Å². The predicted molar refractivity (Wildman–Crippen MR) is 65.1 cm³/mol. The van der Waals surface area contributed by atoms with Gasteiger partial charge in [-0.25, -0.2) is 9.97 Å². The smallest absolute Gasteiger partial charge is 0.216 e. The number of aryl methyl sites for hydroxylation is 2. The van der Waals surface area contributed by atoms with Gasteiger partial charge < -0.3 is 9.84 Å². The zero-order valence-corrected chi connectivity index (χ0v) is 10.4. The van der Waals surface area contributed by atoms with E-state index in [1.807, 2.05) is 13.2 Å². The van der Waals surface area contributed by atoms with Crippen molar-refractivity contribution in [2.45, 2.75) is 18.9 Å². The van der Waals surface area contributed by atoms with Crippen LogP contribution in [0, 0.1) is 0 Å². The SMILES string of the molecule is COc1cc(C(O)CCc2cnn(C)c2)ncn1. The van der Waals surface area contributed by atoms with Crippen molar-refractivity contribution in [3.63, 3.8) is 0 Å². The summed E-state index contributed by atoms with van der Waals surface area (Å²) in [4.78, 5) is 7.95. The third-order valence-electron chi connectivity index (χ3n) is 2.68. The molecule has 0 aliphatic heterocycles. The van der Waals surface area contributed by atoms with Gasteiger partial charge in [0, 0.05) is 19.3 Å². The van der Waals surface area contributed by atoms with Crippen LogP contribution >= 0.6 is 0 Å². The molecular formula is C12H16N4O2. The lowest BCUT2D eigenvalue weighted by Gasteiger charge is -2.09. The second kappa shape index (κ2) is 5.59. The lowest BCUT2D eigenvalue weighted by atomic mass is 10.1. The molecule has 0 fully saturated rings. The molecule has 2 rings (SSSR count). The minimum atomic E-state index is -0.623. The van der Waals surface area contributed by atoms with Gasteiger partial charge in [-0.2, -0.15) is 5.10 Å². The Labute approximate surface area is 105 Å². The van der Waals surface area contributed by atoms with Crippen molar-refractivity contribution in [1.82, 2.24) is 19.7 Å². The fourth-order valence-corrected chi connectivity index (χ4v) is 1.70. The maximum Gasteiger partial charge on any atom is 0.216 e. The molecule has 0 amide bonds. The first-order valence-corrected chi connectivity index (χ1v) is 5.70. The van der Waals surface area contributed by atoms with Crippen LogP contribution < -0.4 is 4.74 Å². The van der Waals surface area contributed by atoms with Crippen molar-refractivity contribution in [2.75, 3.05) is 7.11 Å². The molecule has 18 heavy (non-hydrogen) atoms. The van der Waals surface area contributed by atoms with Gasteiger partial charge in [0.1, 0.15) is 6.33 Å². The van der Waals surface area contributed by atoms with Gasteiger partial charge >= 0.3 is 0 Å². The van der Waals surface area contributed by atoms with Crippen molar-refractivity contribution in [3.8, 4) is 5.88 Å². The first-order chi connectivity index (χ1) is 8.69. The first-order valence-electron chi connectivity index (χ1n) is 5.70. The Morgan fingerprint density at radius 3 is 2.94 bits per heavy atom. The Kier molecular flexibility index (Phi) is 3.88. The molecule has 0 saturated carbocycles. The van der Waals surface area contributed by atoms with Gasteiger partial charge in [0.25, 0.3) is 0 Å². The highest BCUT2D eigenvalue weighted by molar-refractivity contribution is 5.15. The molecule has 0 saturated heterocycles. The summed E-state index contributed by atoms with van der Waals surface area (Å²) in [6.45, 7) is 0. The van der Waals surface area contributed by atoms with Crippen molar-refractivity contribution in [3.05, 3.63) is 36.0 Å². The highest BCUT2D eigenvalue weighted by Gasteiger charge is 2.11. The third kappa shape index (κ3) is 3.04. The summed E-state index contributed by atoms with van der Waals surface area (Å²) in [6, 6.07) is 1.65. The molecule has 2 aromatic heterocycles. The zero-order valence-electron chi connectivity index (χ0n) is 10.4. The number of aliphatic hydroxyl groups excluding tert-OH is 1. The average Bonchev–Trinajstić information content (AvgIpc) is 2.82. The van der Waals surface area contributed by atoms with Crippen molar-refractivity contribution < 1.29 is 9.84 Å². The van der Waals surface area contributed by atoms with Crippen LogP contribution in [0.2, 0.25) is 0 Å². The normalized spacial score (nSPS) is 12.4. The van der Waals surface area contributed by atoms with Crippen molar-refractivity contribution in [2.24, 2.45) is 7.05 Å². The summed E-state index contributed by atoms with van der Waals surface area (Å²) >= 11 is 0. The Balaban J connectivity index is 1.96. The van der Waals surface area contributed by atoms with E-state index in [-0.39, 0.29) is 0 Å². The predicted octanol–water partition coefficient (Wildman–Crippen LogP) is 0.885. The van der Waals surface area contributed by atoms with Gasteiger partial charge in [-0.1, -0.05) is 0 Å². The van der Waals surface area contributed by atoms with Gasteiger partial charge in [0.05, 0.1) is 25.1 Å². The Morgan fingerprint density at radius 2 is 2.28 bits per heavy atom. The van der Waals surface area contributed by atoms with E-state index in [0.29, 0.717) is 18.0 Å². The Morgan fingerprint density at radius 1 is 1.44 bits per heavy atom. The highest BCUT2D eigenvalue weighted by Crippen LogP contribution is 2.19. The molecule has 0 spiro atoms. The number of hydrogen-bond donors (Lipinski definition) is 1. The summed E-state index contributed by atoms with van der Waals surface area (Å²) in [5.41, 5.74) is 1.67. The van der Waals surface area contributed by atoms with E-state index < -0.39 is 6.10 Å². The Hall–Kier alpha value is -1.95. The first kappa shape index (κ1) is 12.5. The number of aromatic nitrogens is 4. The lowest BCUT2D eigenvalue weighted by Crippen LogP contribution is -2.03. The molecule has 6 heteroatoms. The van der Waals surface area contributed by atoms with Gasteiger partial charge in [0.2, 0.25) is 5.88 Å². The van der Waals surface area contributed by atoms with E-state index in [9.17, 15) is 5.11 Å². The minimum Gasteiger partial charge on any atom is -0.481 e. The van der Waals surface area contributed by atoms with Gasteiger partial charge in [-0.3, -0.25) is 4.68 Å². The van der Waals surface area contributed by atoms with Gasteiger partial charge in [-0.05, 0) is 18.4 Å². The van der Waals surface area contributed by atoms with E-state index >= 15 is 0 Å². The van der Waals surface area contributed by atoms with Crippen LogP contribution in [-0.4, -0.2) is 32.0 Å². The van der Waals surface area contributed by atoms with Crippen LogP contribution in [0.3, 0.4) is 0 Å². The van der Waals surface area contributed by atoms with Crippen LogP contribution in [-0.2, 0) is 13.5 Å². The number of nitrogens with zero attached hydrogens (tertiary/aromatic N) is 4. The van der Waals surface area contributed by atoms with Crippen molar-refractivity contribution >= 4 is 0 Å². The Bertz CT molecular complexity index is 512. The molecular weight excluding hydrogens is 232 g/mol. The number of ether oxygens (including phenoxy) is 1. The van der Waals surface area contributed by atoms with Crippen molar-refractivity contribution in [1.29, 1.82) is 0 Å². The van der Waals surface area contributed by atoms with Gasteiger partial charge in [-0.15, -0.1) is 0 Å². The fraction of sp³-hybridized carbons (Fsp3) is 0.417. The molecule has 1 atom stereocenters. The number of rotatable bonds is 5. The molecule has 2 aromatic rings. The topological polar surface area (TPSA) is 73.1 Å². The zero-order chi connectivity index (χ0) is 13.0. The highest BCUT2D eigenvalue weighted by atomic mass is 16.5. The van der Waals surface area contributed by atoms with Crippen LogP contribution in [0.15, 0.2) is 24.8 Å². The molecule has 2 heterocycles. The van der Waals surface area contributed by atoms with E-state index in [1.54, 1.807) is 16.9 Å². The standard InChI is InChI=1S/C12H16N4O2/c1-16-7-9(6-15-16)3-4-11(17)10-5-12(18-2)14-8-13-10/h5-8,11,17H,3-4H2,1-2H3. The van der Waals surface area contributed by atoms with E-state index in [1.165, 1.54) is 13.4 Å². The maximum atomic E-state index is 10.0. The maximum absolute atomic E-state index is 10.0. The van der Waals surface area contributed by atoms with E-state index in [4.69, 9.17) is 4.74 Å². The van der Waals surface area contributed by atoms with Crippen LogP contribution in [0.25, 0.3) is 0 Å². The monoisotopic (exact) mass is 248 g/mol. The summed E-state index contributed by atoms with van der Waals surface area (Å²) < 4.78 is 6.74.